The zero-order valence-corrected chi connectivity index (χ0v) is 15.7. The first-order valence-electron chi connectivity index (χ1n) is 9.33. The van der Waals surface area contributed by atoms with Crippen LogP contribution in [0.25, 0.3) is 21.9 Å². The second-order valence-electron chi connectivity index (χ2n) is 7.06. The average molecular weight is 403 g/mol. The van der Waals surface area contributed by atoms with Crippen molar-refractivity contribution in [3.8, 4) is 11.1 Å². The third-order valence-electron chi connectivity index (χ3n) is 5.24. The molecule has 30 heavy (non-hydrogen) atoms. The number of carboxylic acid groups (broad SMARTS) is 2. The highest BCUT2D eigenvalue weighted by Gasteiger charge is 2.28. The molecule has 0 saturated carbocycles. The molecule has 1 aliphatic carbocycles. The monoisotopic (exact) mass is 403 g/mol. The molecule has 4 rings (SSSR count). The fourth-order valence-corrected chi connectivity index (χ4v) is 3.84. The first-order chi connectivity index (χ1) is 14.4. The predicted octanol–water partition coefficient (Wildman–Crippen LogP) is 3.10. The lowest BCUT2D eigenvalue weighted by molar-refractivity contribution is -0.140. The Morgan fingerprint density at radius 3 is 2.23 bits per heavy atom. The molecule has 0 aliphatic heterocycles. The summed E-state index contributed by atoms with van der Waals surface area (Å²) in [4.78, 5) is 48.0. The Labute approximate surface area is 171 Å². The Morgan fingerprint density at radius 1 is 0.833 bits per heavy atom. The molecule has 7 nitrogen and oxygen atoms in total. The Bertz CT molecular complexity index is 1230. The van der Waals surface area contributed by atoms with Crippen LogP contribution in [0.1, 0.15) is 39.1 Å². The first kappa shape index (κ1) is 19.3. The van der Waals surface area contributed by atoms with Gasteiger partial charge in [0.2, 0.25) is 0 Å². The fourth-order valence-electron chi connectivity index (χ4n) is 3.84. The molecule has 0 saturated heterocycles. The number of nitrogens with one attached hydrogen (secondary N) is 1. The number of rotatable bonds is 6. The van der Waals surface area contributed by atoms with Crippen molar-refractivity contribution in [3.63, 3.8) is 0 Å². The molecule has 3 aromatic carbocycles. The molecule has 3 N–H and O–H groups in total. The number of hydrogen-bond acceptors (Lipinski definition) is 4. The molecule has 1 atom stereocenters. The normalized spacial score (nSPS) is 12.9. The maximum absolute atomic E-state index is 13.0. The lowest BCUT2D eigenvalue weighted by Crippen LogP contribution is -2.41. The molecule has 3 aromatic rings. The van der Waals surface area contributed by atoms with Gasteiger partial charge >= 0.3 is 11.9 Å². The van der Waals surface area contributed by atoms with Crippen molar-refractivity contribution in [2.24, 2.45) is 0 Å². The largest absolute Gasteiger partial charge is 0.481 e. The highest BCUT2D eigenvalue weighted by Crippen LogP contribution is 2.40. The summed E-state index contributed by atoms with van der Waals surface area (Å²) in [5.74, 6) is -3.22. The van der Waals surface area contributed by atoms with Gasteiger partial charge in [-0.3, -0.25) is 14.4 Å². The molecule has 0 bridgehead atoms. The van der Waals surface area contributed by atoms with Gasteiger partial charge in [0, 0.05) is 28.5 Å². The summed E-state index contributed by atoms with van der Waals surface area (Å²) in [5, 5.41) is 21.7. The summed E-state index contributed by atoms with van der Waals surface area (Å²) >= 11 is 0. The van der Waals surface area contributed by atoms with E-state index in [4.69, 9.17) is 5.11 Å². The van der Waals surface area contributed by atoms with Gasteiger partial charge < -0.3 is 15.5 Å². The molecule has 7 heteroatoms. The summed E-state index contributed by atoms with van der Waals surface area (Å²) < 4.78 is 0. The van der Waals surface area contributed by atoms with E-state index in [0.717, 1.165) is 11.1 Å². The second-order valence-corrected chi connectivity index (χ2v) is 7.06. The first-order valence-corrected chi connectivity index (χ1v) is 9.33. The Morgan fingerprint density at radius 2 is 1.53 bits per heavy atom. The minimum Gasteiger partial charge on any atom is -0.481 e. The Hall–Kier alpha value is -4.00. The van der Waals surface area contributed by atoms with Crippen LogP contribution in [0.4, 0.5) is 0 Å². The van der Waals surface area contributed by atoms with Crippen LogP contribution in [0.3, 0.4) is 0 Å². The second kappa shape index (κ2) is 7.44. The van der Waals surface area contributed by atoms with E-state index in [1.54, 1.807) is 42.5 Å². The minimum atomic E-state index is -1.33. The summed E-state index contributed by atoms with van der Waals surface area (Å²) in [6.45, 7) is 0. The standard InChI is InChI=1S/C23H17NO6/c25-19(26)11-10-18(23(29)30)24-22(28)16-9-8-14-12-4-1-2-5-15(12)21(27)17-7-3-6-13(16)20(14)17/h1-9,18H,10-11H2,(H,24,28)(H,25,26)(H,29,30). The average Bonchev–Trinajstić information content (AvgIpc) is 2.74. The molecular formula is C23H17NO6. The van der Waals surface area contributed by atoms with E-state index in [-0.39, 0.29) is 24.2 Å². The van der Waals surface area contributed by atoms with Crippen LogP contribution in [0, 0.1) is 0 Å². The molecule has 1 aliphatic rings. The Balaban J connectivity index is 1.78. The van der Waals surface area contributed by atoms with Crippen molar-refractivity contribution in [1.29, 1.82) is 0 Å². The number of ketones is 1. The van der Waals surface area contributed by atoms with Crippen LogP contribution in [-0.4, -0.2) is 39.9 Å². The van der Waals surface area contributed by atoms with Crippen LogP contribution in [0.15, 0.2) is 54.6 Å². The maximum Gasteiger partial charge on any atom is 0.326 e. The number of carbonyl (C=O) groups is 4. The number of benzene rings is 3. The number of aliphatic carboxylic acids is 2. The van der Waals surface area contributed by atoms with E-state index in [0.29, 0.717) is 21.9 Å². The fraction of sp³-hybridized carbons (Fsp3) is 0.130. The number of fused-ring (bicyclic) bond motifs is 2. The van der Waals surface area contributed by atoms with Crippen LogP contribution < -0.4 is 5.32 Å². The SMILES string of the molecule is O=C(O)CCC(NC(=O)c1ccc2c3c(cccc13)C(=O)c1ccccc1-2)C(=O)O. The zero-order chi connectivity index (χ0) is 21.4. The van der Waals surface area contributed by atoms with E-state index in [1.165, 1.54) is 0 Å². The number of carboxylic acids is 2. The molecule has 0 spiro atoms. The molecule has 1 amide bonds. The zero-order valence-electron chi connectivity index (χ0n) is 15.7. The highest BCUT2D eigenvalue weighted by molar-refractivity contribution is 6.27. The Kier molecular flexibility index (Phi) is 4.79. The van der Waals surface area contributed by atoms with E-state index in [1.807, 2.05) is 12.1 Å². The molecule has 0 heterocycles. The molecule has 0 radical (unpaired) electrons. The molecular weight excluding hydrogens is 386 g/mol. The summed E-state index contributed by atoms with van der Waals surface area (Å²) in [6, 6.07) is 14.4. The van der Waals surface area contributed by atoms with Crippen molar-refractivity contribution in [1.82, 2.24) is 5.32 Å². The van der Waals surface area contributed by atoms with Crippen molar-refractivity contribution in [2.45, 2.75) is 18.9 Å². The van der Waals surface area contributed by atoms with Crippen LogP contribution in [0.2, 0.25) is 0 Å². The van der Waals surface area contributed by atoms with Gasteiger partial charge in [-0.15, -0.1) is 0 Å². The molecule has 0 fully saturated rings. The smallest absolute Gasteiger partial charge is 0.326 e. The summed E-state index contributed by atoms with van der Waals surface area (Å²) in [6.07, 6.45) is -0.615. The van der Waals surface area contributed by atoms with Gasteiger partial charge in [0.1, 0.15) is 6.04 Å². The van der Waals surface area contributed by atoms with Crippen LogP contribution in [0.5, 0.6) is 0 Å². The third-order valence-corrected chi connectivity index (χ3v) is 5.24. The van der Waals surface area contributed by atoms with Crippen LogP contribution in [-0.2, 0) is 9.59 Å². The lowest BCUT2D eigenvalue weighted by Gasteiger charge is -2.21. The number of carbonyl (C=O) groups excluding carboxylic acids is 2. The van der Waals surface area contributed by atoms with Gasteiger partial charge in [-0.05, 0) is 29.0 Å². The summed E-state index contributed by atoms with van der Waals surface area (Å²) in [5.41, 5.74) is 2.91. The van der Waals surface area contributed by atoms with E-state index in [9.17, 15) is 24.3 Å². The van der Waals surface area contributed by atoms with Gasteiger partial charge in [0.05, 0.1) is 0 Å². The van der Waals surface area contributed by atoms with E-state index >= 15 is 0 Å². The van der Waals surface area contributed by atoms with Crippen molar-refractivity contribution >= 4 is 34.4 Å². The van der Waals surface area contributed by atoms with E-state index < -0.39 is 23.9 Å². The van der Waals surface area contributed by atoms with Crippen molar-refractivity contribution in [2.75, 3.05) is 0 Å². The minimum absolute atomic E-state index is 0.133. The van der Waals surface area contributed by atoms with Crippen LogP contribution >= 0.6 is 0 Å². The number of amides is 1. The summed E-state index contributed by atoms with van der Waals surface area (Å²) in [7, 11) is 0. The van der Waals surface area contributed by atoms with Gasteiger partial charge in [0.15, 0.2) is 5.78 Å². The highest BCUT2D eigenvalue weighted by atomic mass is 16.4. The van der Waals surface area contributed by atoms with Gasteiger partial charge in [0.25, 0.3) is 5.91 Å². The van der Waals surface area contributed by atoms with Crippen molar-refractivity contribution in [3.05, 3.63) is 71.3 Å². The predicted molar refractivity (Wildman–Crippen MR) is 109 cm³/mol. The van der Waals surface area contributed by atoms with Gasteiger partial charge in [-0.1, -0.05) is 48.5 Å². The third kappa shape index (κ3) is 3.20. The molecule has 0 aromatic heterocycles. The van der Waals surface area contributed by atoms with E-state index in [2.05, 4.69) is 5.32 Å². The topological polar surface area (TPSA) is 121 Å². The quantitative estimate of drug-likeness (QED) is 0.455. The maximum atomic E-state index is 13.0. The van der Waals surface area contributed by atoms with Gasteiger partial charge in [-0.2, -0.15) is 0 Å². The van der Waals surface area contributed by atoms with Crippen molar-refractivity contribution < 1.29 is 29.4 Å². The molecule has 150 valence electrons. The molecule has 1 unspecified atom stereocenters. The lowest BCUT2D eigenvalue weighted by atomic mass is 9.81. The van der Waals surface area contributed by atoms with Gasteiger partial charge in [-0.25, -0.2) is 4.79 Å². The number of hydrogen-bond donors (Lipinski definition) is 3.